The number of benzene rings is 3. The minimum atomic E-state index is -3.68. The zero-order valence-electron chi connectivity index (χ0n) is 15.0. The van der Waals surface area contributed by atoms with Crippen molar-refractivity contribution in [1.29, 1.82) is 0 Å². The number of anilines is 1. The average Bonchev–Trinajstić information content (AvgIpc) is 2.61. The molecule has 0 atom stereocenters. The molecule has 28 heavy (non-hydrogen) atoms. The lowest BCUT2D eigenvalue weighted by atomic mass is 10.1. The first kappa shape index (κ1) is 19.6. The molecule has 0 aliphatic carbocycles. The monoisotopic (exact) mass is 399 g/mol. The summed E-state index contributed by atoms with van der Waals surface area (Å²) in [5, 5.41) is 9.05. The van der Waals surface area contributed by atoms with E-state index in [1.54, 1.807) is 49.4 Å². The van der Waals surface area contributed by atoms with E-state index in [0.717, 1.165) is 5.56 Å². The molecule has 0 spiro atoms. The van der Waals surface area contributed by atoms with Crippen LogP contribution in [0.15, 0.2) is 66.7 Å². The Morgan fingerprint density at radius 1 is 1.00 bits per heavy atom. The van der Waals surface area contributed by atoms with E-state index in [-0.39, 0.29) is 17.1 Å². The Morgan fingerprint density at radius 2 is 1.71 bits per heavy atom. The predicted molar refractivity (Wildman–Crippen MR) is 106 cm³/mol. The maximum absolute atomic E-state index is 13.3. The fourth-order valence-corrected chi connectivity index (χ4v) is 4.08. The molecule has 3 aromatic rings. The minimum absolute atomic E-state index is 0.141. The summed E-state index contributed by atoms with van der Waals surface area (Å²) < 4.78 is 40.7. The molecule has 7 heteroatoms. The maximum Gasteiger partial charge on any atom is 0.335 e. The van der Waals surface area contributed by atoms with Gasteiger partial charge in [-0.1, -0.05) is 36.4 Å². The number of rotatable bonds is 6. The largest absolute Gasteiger partial charge is 0.478 e. The second kappa shape index (κ2) is 7.82. The molecule has 5 nitrogen and oxygen atoms in total. The second-order valence-corrected chi connectivity index (χ2v) is 8.13. The number of carboxylic acids is 1. The highest BCUT2D eigenvalue weighted by molar-refractivity contribution is 7.91. The first-order valence-corrected chi connectivity index (χ1v) is 10.1. The quantitative estimate of drug-likeness (QED) is 0.642. The molecule has 0 fully saturated rings. The van der Waals surface area contributed by atoms with Crippen LogP contribution in [0.25, 0.3) is 11.1 Å². The van der Waals surface area contributed by atoms with Crippen molar-refractivity contribution in [2.45, 2.75) is 12.7 Å². The van der Waals surface area contributed by atoms with E-state index in [0.29, 0.717) is 22.4 Å². The van der Waals surface area contributed by atoms with Gasteiger partial charge < -0.3 is 5.11 Å². The van der Waals surface area contributed by atoms with Gasteiger partial charge in [-0.05, 0) is 59.5 Å². The standard InChI is InChI=1S/C21H18FNO4S/c1-14-11-15(5-10-20(14)21(24)25)13-28(26,27)23-19-8-6-16(7-9-19)17-3-2-4-18(22)12-17/h2-12,23H,13H2,1H3,(H,24,25). The van der Waals surface area contributed by atoms with Crippen molar-refractivity contribution in [1.82, 2.24) is 0 Å². The fourth-order valence-electron chi connectivity index (χ4n) is 2.89. The zero-order chi connectivity index (χ0) is 20.3. The predicted octanol–water partition coefficient (Wildman–Crippen LogP) is 4.44. The summed E-state index contributed by atoms with van der Waals surface area (Å²) in [6, 6.07) is 17.2. The van der Waals surface area contributed by atoms with Gasteiger partial charge in [0.15, 0.2) is 0 Å². The van der Waals surface area contributed by atoms with Crippen LogP contribution in [0, 0.1) is 12.7 Å². The van der Waals surface area contributed by atoms with Gasteiger partial charge in [-0.3, -0.25) is 4.72 Å². The van der Waals surface area contributed by atoms with Crippen LogP contribution in [0.4, 0.5) is 10.1 Å². The van der Waals surface area contributed by atoms with Crippen LogP contribution in [0.5, 0.6) is 0 Å². The van der Waals surface area contributed by atoms with Gasteiger partial charge in [-0.25, -0.2) is 17.6 Å². The van der Waals surface area contributed by atoms with E-state index >= 15 is 0 Å². The van der Waals surface area contributed by atoms with Crippen molar-refractivity contribution < 1.29 is 22.7 Å². The summed E-state index contributed by atoms with van der Waals surface area (Å²) in [5.41, 5.74) is 2.98. The minimum Gasteiger partial charge on any atom is -0.478 e. The normalized spacial score (nSPS) is 11.2. The summed E-state index contributed by atoms with van der Waals surface area (Å²) in [6.45, 7) is 1.62. The number of halogens is 1. The fraction of sp³-hybridized carbons (Fsp3) is 0.0952. The van der Waals surface area contributed by atoms with Crippen LogP contribution in [0.3, 0.4) is 0 Å². The lowest BCUT2D eigenvalue weighted by Gasteiger charge is -2.10. The summed E-state index contributed by atoms with van der Waals surface area (Å²) in [7, 11) is -3.68. The maximum atomic E-state index is 13.3. The molecular weight excluding hydrogens is 381 g/mol. The lowest BCUT2D eigenvalue weighted by molar-refractivity contribution is 0.0696. The number of aryl methyl sites for hydroxylation is 1. The summed E-state index contributed by atoms with van der Waals surface area (Å²) in [6.07, 6.45) is 0. The summed E-state index contributed by atoms with van der Waals surface area (Å²) in [5.74, 6) is -1.67. The van der Waals surface area contributed by atoms with Gasteiger partial charge in [0.2, 0.25) is 10.0 Å². The number of nitrogens with one attached hydrogen (secondary N) is 1. The van der Waals surface area contributed by atoms with Gasteiger partial charge >= 0.3 is 5.97 Å². The topological polar surface area (TPSA) is 83.5 Å². The van der Waals surface area contributed by atoms with Gasteiger partial charge in [0.25, 0.3) is 0 Å². The van der Waals surface area contributed by atoms with E-state index in [9.17, 15) is 17.6 Å². The first-order valence-electron chi connectivity index (χ1n) is 8.43. The summed E-state index contributed by atoms with van der Waals surface area (Å²) >= 11 is 0. The van der Waals surface area contributed by atoms with Crippen molar-refractivity contribution in [3.8, 4) is 11.1 Å². The Bertz CT molecular complexity index is 1130. The third-order valence-electron chi connectivity index (χ3n) is 4.19. The van der Waals surface area contributed by atoms with Crippen molar-refractivity contribution in [2.75, 3.05) is 4.72 Å². The van der Waals surface area contributed by atoms with Crippen LogP contribution in [-0.4, -0.2) is 19.5 Å². The van der Waals surface area contributed by atoms with Crippen LogP contribution in [0.2, 0.25) is 0 Å². The molecule has 2 N–H and O–H groups in total. The molecule has 0 heterocycles. The van der Waals surface area contributed by atoms with Gasteiger partial charge in [-0.15, -0.1) is 0 Å². The lowest BCUT2D eigenvalue weighted by Crippen LogP contribution is -2.15. The van der Waals surface area contributed by atoms with E-state index in [1.165, 1.54) is 24.3 Å². The molecule has 0 aliphatic heterocycles. The first-order chi connectivity index (χ1) is 13.2. The van der Waals surface area contributed by atoms with Crippen molar-refractivity contribution in [2.24, 2.45) is 0 Å². The molecule has 0 unspecified atom stereocenters. The third-order valence-corrected chi connectivity index (χ3v) is 5.45. The number of hydrogen-bond donors (Lipinski definition) is 2. The van der Waals surface area contributed by atoms with Crippen molar-refractivity contribution in [3.05, 3.63) is 89.2 Å². The van der Waals surface area contributed by atoms with Crippen LogP contribution >= 0.6 is 0 Å². The number of sulfonamides is 1. The van der Waals surface area contributed by atoms with E-state index in [4.69, 9.17) is 5.11 Å². The molecule has 0 aromatic heterocycles. The van der Waals surface area contributed by atoms with Crippen molar-refractivity contribution in [3.63, 3.8) is 0 Å². The van der Waals surface area contributed by atoms with Gasteiger partial charge in [0.1, 0.15) is 5.82 Å². The highest BCUT2D eigenvalue weighted by Crippen LogP contribution is 2.23. The number of carboxylic acid groups (broad SMARTS) is 1. The van der Waals surface area contributed by atoms with E-state index in [2.05, 4.69) is 4.72 Å². The molecule has 0 aliphatic rings. The molecule has 0 amide bonds. The summed E-state index contributed by atoms with van der Waals surface area (Å²) in [4.78, 5) is 11.1. The van der Waals surface area contributed by atoms with Crippen molar-refractivity contribution >= 4 is 21.7 Å². The highest BCUT2D eigenvalue weighted by Gasteiger charge is 2.14. The SMILES string of the molecule is Cc1cc(CS(=O)(=O)Nc2ccc(-c3cccc(F)c3)cc2)ccc1C(=O)O. The average molecular weight is 399 g/mol. The zero-order valence-corrected chi connectivity index (χ0v) is 15.8. The molecule has 0 bridgehead atoms. The Balaban J connectivity index is 1.73. The number of aromatic carboxylic acids is 1. The van der Waals surface area contributed by atoms with Gasteiger partial charge in [0, 0.05) is 5.69 Å². The van der Waals surface area contributed by atoms with Gasteiger partial charge in [0.05, 0.1) is 11.3 Å². The van der Waals surface area contributed by atoms with E-state index in [1.807, 2.05) is 0 Å². The molecular formula is C21H18FNO4S. The molecule has 0 radical (unpaired) electrons. The molecule has 144 valence electrons. The van der Waals surface area contributed by atoms with Gasteiger partial charge in [-0.2, -0.15) is 0 Å². The van der Waals surface area contributed by atoms with Crippen LogP contribution in [-0.2, 0) is 15.8 Å². The number of carbonyl (C=O) groups is 1. The Labute approximate surface area is 162 Å². The molecule has 0 saturated carbocycles. The van der Waals surface area contributed by atoms with E-state index < -0.39 is 16.0 Å². The molecule has 3 rings (SSSR count). The molecule has 3 aromatic carbocycles. The Kier molecular flexibility index (Phi) is 5.46. The number of hydrogen-bond acceptors (Lipinski definition) is 3. The second-order valence-electron chi connectivity index (χ2n) is 6.40. The van der Waals surface area contributed by atoms with Crippen LogP contribution < -0.4 is 4.72 Å². The Hall–Kier alpha value is -3.19. The Morgan fingerprint density at radius 3 is 2.32 bits per heavy atom. The smallest absolute Gasteiger partial charge is 0.335 e. The van der Waals surface area contributed by atoms with Crippen LogP contribution in [0.1, 0.15) is 21.5 Å². The highest BCUT2D eigenvalue weighted by atomic mass is 32.2. The third kappa shape index (κ3) is 4.75. The molecule has 0 saturated heterocycles.